The first-order valence-corrected chi connectivity index (χ1v) is 12.4. The third kappa shape index (κ3) is 5.73. The van der Waals surface area contributed by atoms with Crippen molar-refractivity contribution >= 4 is 22.6 Å². The van der Waals surface area contributed by atoms with Crippen molar-refractivity contribution in [3.8, 4) is 17.2 Å². The Hall–Kier alpha value is -3.33. The maximum atomic E-state index is 14.9. The quantitative estimate of drug-likeness (QED) is 0.365. The Bertz CT molecular complexity index is 1220. The van der Waals surface area contributed by atoms with E-state index in [4.69, 9.17) is 9.15 Å². The van der Waals surface area contributed by atoms with Crippen LogP contribution in [0.1, 0.15) is 57.4 Å². The number of carbonyl (C=O) groups excluding carboxylic acids is 2. The number of nitrogens with zero attached hydrogens (tertiary/aromatic N) is 3. The third-order valence-corrected chi connectivity index (χ3v) is 6.57. The normalized spacial score (nSPS) is 15.9. The summed E-state index contributed by atoms with van der Waals surface area (Å²) in [6, 6.07) is 9.01. The van der Waals surface area contributed by atoms with Gasteiger partial charge in [-0.2, -0.15) is 0 Å². The number of oxazole rings is 1. The van der Waals surface area contributed by atoms with Crippen LogP contribution in [0.15, 0.2) is 40.9 Å². The average Bonchev–Trinajstić information content (AvgIpc) is 3.35. The highest BCUT2D eigenvalue weighted by molar-refractivity contribution is 5.87. The van der Waals surface area contributed by atoms with E-state index in [0.29, 0.717) is 42.4 Å². The Balaban J connectivity index is 1.53. The number of amides is 1. The first-order chi connectivity index (χ1) is 17.3. The molecule has 1 amide bonds. The summed E-state index contributed by atoms with van der Waals surface area (Å²) in [6.45, 7) is 1.97. The van der Waals surface area contributed by atoms with Crippen LogP contribution >= 0.6 is 0 Å². The largest absolute Gasteiger partial charge is 0.480 e. The molecule has 2 aromatic heterocycles. The first kappa shape index (κ1) is 25.8. The fourth-order valence-corrected chi connectivity index (χ4v) is 4.53. The van der Waals surface area contributed by atoms with Crippen LogP contribution in [-0.4, -0.2) is 59.5 Å². The number of alkyl halides is 1. The second kappa shape index (κ2) is 11.2. The number of Topliss-reactive ketones (excluding diaryl/α,β-unsaturated/α-hetero) is 1. The van der Waals surface area contributed by atoms with E-state index in [9.17, 15) is 14.0 Å². The number of rotatable bonds is 12. The van der Waals surface area contributed by atoms with Crippen molar-refractivity contribution in [2.75, 3.05) is 27.2 Å². The minimum absolute atomic E-state index is 0.0570. The Kier molecular flexibility index (Phi) is 7.98. The fraction of sp³-hybridized carbons (Fsp3) is 0.481. The molecule has 4 rings (SSSR count). The van der Waals surface area contributed by atoms with Crippen LogP contribution in [0.25, 0.3) is 22.2 Å². The number of nitrogens with one attached hydrogen (secondary N) is 1. The van der Waals surface area contributed by atoms with Gasteiger partial charge in [0.25, 0.3) is 5.91 Å². The van der Waals surface area contributed by atoms with Crippen LogP contribution in [0.2, 0.25) is 0 Å². The van der Waals surface area contributed by atoms with E-state index in [-0.39, 0.29) is 18.9 Å². The number of ether oxygens (including phenoxy) is 1. The number of unbranched alkanes of at least 4 members (excludes halogenated alkanes) is 2. The summed E-state index contributed by atoms with van der Waals surface area (Å²) in [6.07, 6.45) is 5.51. The molecule has 0 radical (unpaired) electrons. The Morgan fingerprint density at radius 2 is 2.03 bits per heavy atom. The Labute approximate surface area is 210 Å². The molecule has 192 valence electrons. The number of methoxy groups -OCH3 is 1. The van der Waals surface area contributed by atoms with E-state index in [1.165, 1.54) is 0 Å². The van der Waals surface area contributed by atoms with Crippen molar-refractivity contribution in [2.45, 2.75) is 57.2 Å². The number of hydrogen-bond acceptors (Lipinski definition) is 7. The number of pyridine rings is 1. The monoisotopic (exact) mass is 496 g/mol. The topological polar surface area (TPSA) is 97.6 Å². The first-order valence-electron chi connectivity index (χ1n) is 12.4. The predicted octanol–water partition coefficient (Wildman–Crippen LogP) is 4.64. The summed E-state index contributed by atoms with van der Waals surface area (Å²) in [5.74, 6) is 0.735. The van der Waals surface area contributed by atoms with Crippen LogP contribution in [0.4, 0.5) is 4.39 Å². The van der Waals surface area contributed by atoms with Gasteiger partial charge in [-0.15, -0.1) is 0 Å². The molecule has 1 aliphatic heterocycles. The van der Waals surface area contributed by atoms with Crippen molar-refractivity contribution in [2.24, 2.45) is 0 Å². The smallest absolute Gasteiger partial charge is 0.261 e. The SMILES string of the molecule is CCC(=O)CCCCCC(NC(=O)C1(F)CN(C)C1)c1ncc(-c2cc3ccccc3nc2OC)o1. The van der Waals surface area contributed by atoms with Gasteiger partial charge in [0.1, 0.15) is 11.8 Å². The van der Waals surface area contributed by atoms with Gasteiger partial charge in [-0.1, -0.05) is 38.0 Å². The highest BCUT2D eigenvalue weighted by Crippen LogP contribution is 2.34. The van der Waals surface area contributed by atoms with Gasteiger partial charge in [-0.05, 0) is 32.0 Å². The van der Waals surface area contributed by atoms with Crippen molar-refractivity contribution in [1.29, 1.82) is 0 Å². The number of para-hydroxylation sites is 1. The Morgan fingerprint density at radius 1 is 1.25 bits per heavy atom. The molecule has 1 atom stereocenters. The van der Waals surface area contributed by atoms with E-state index in [1.54, 1.807) is 25.3 Å². The summed E-state index contributed by atoms with van der Waals surface area (Å²) < 4.78 is 26.5. The van der Waals surface area contributed by atoms with Crippen molar-refractivity contribution in [1.82, 2.24) is 20.2 Å². The fourth-order valence-electron chi connectivity index (χ4n) is 4.53. The zero-order chi connectivity index (χ0) is 25.7. The number of fused-ring (bicyclic) bond motifs is 1. The van der Waals surface area contributed by atoms with Crippen molar-refractivity contribution in [3.05, 3.63) is 42.4 Å². The number of hydrogen-bond donors (Lipinski definition) is 1. The van der Waals surface area contributed by atoms with Gasteiger partial charge in [0.15, 0.2) is 5.76 Å². The molecule has 0 spiro atoms. The molecular formula is C27H33FN4O4. The summed E-state index contributed by atoms with van der Waals surface area (Å²) in [5.41, 5.74) is -0.481. The lowest BCUT2D eigenvalue weighted by Crippen LogP contribution is -2.64. The van der Waals surface area contributed by atoms with E-state index < -0.39 is 17.6 Å². The second-order valence-corrected chi connectivity index (χ2v) is 9.46. The van der Waals surface area contributed by atoms with Gasteiger partial charge in [-0.25, -0.2) is 14.4 Å². The lowest BCUT2D eigenvalue weighted by molar-refractivity contribution is -0.144. The molecule has 9 heteroatoms. The van der Waals surface area contributed by atoms with Gasteiger partial charge in [-0.3, -0.25) is 14.5 Å². The summed E-state index contributed by atoms with van der Waals surface area (Å²) in [5, 5.41) is 3.74. The highest BCUT2D eigenvalue weighted by atomic mass is 19.1. The van der Waals surface area contributed by atoms with E-state index in [0.717, 1.165) is 30.2 Å². The molecule has 1 aliphatic rings. The molecule has 1 saturated heterocycles. The van der Waals surface area contributed by atoms with Crippen molar-refractivity contribution in [3.63, 3.8) is 0 Å². The van der Waals surface area contributed by atoms with E-state index in [1.807, 2.05) is 37.3 Å². The molecule has 0 saturated carbocycles. The molecule has 8 nitrogen and oxygen atoms in total. The maximum absolute atomic E-state index is 14.9. The average molecular weight is 497 g/mol. The minimum atomic E-state index is -1.92. The summed E-state index contributed by atoms with van der Waals surface area (Å²) in [4.78, 5) is 35.1. The molecule has 0 aliphatic carbocycles. The van der Waals surface area contributed by atoms with Crippen molar-refractivity contribution < 1.29 is 23.1 Å². The number of likely N-dealkylation sites (tertiary alicyclic amines) is 1. The molecule has 1 unspecified atom stereocenters. The third-order valence-electron chi connectivity index (χ3n) is 6.57. The molecule has 1 aromatic carbocycles. The lowest BCUT2D eigenvalue weighted by atomic mass is 9.95. The molecule has 0 bridgehead atoms. The lowest BCUT2D eigenvalue weighted by Gasteiger charge is -2.41. The van der Waals surface area contributed by atoms with Crippen LogP contribution < -0.4 is 10.1 Å². The predicted molar refractivity (Wildman–Crippen MR) is 134 cm³/mol. The van der Waals surface area contributed by atoms with Crippen LogP contribution in [0, 0.1) is 0 Å². The standard InChI is InChI=1S/C27H33FN4O4/c1-4-19(33)11-6-5-7-13-22(31-26(34)27(28)16-32(2)17-27)25-29-15-23(36-25)20-14-18-10-8-9-12-21(18)30-24(20)35-3/h8-10,12,14-15,22H,4-7,11,13,16-17H2,1-3H3,(H,31,34). The maximum Gasteiger partial charge on any atom is 0.261 e. The number of halogens is 1. The Morgan fingerprint density at radius 3 is 2.75 bits per heavy atom. The van der Waals surface area contributed by atoms with Crippen LogP contribution in [0.5, 0.6) is 5.88 Å². The molecule has 1 N–H and O–H groups in total. The van der Waals surface area contributed by atoms with Gasteiger partial charge >= 0.3 is 0 Å². The highest BCUT2D eigenvalue weighted by Gasteiger charge is 2.49. The number of carbonyl (C=O) groups is 2. The number of ketones is 1. The molecule has 1 fully saturated rings. The second-order valence-electron chi connectivity index (χ2n) is 9.46. The number of benzene rings is 1. The van der Waals surface area contributed by atoms with Gasteiger partial charge < -0.3 is 14.5 Å². The summed E-state index contributed by atoms with van der Waals surface area (Å²) >= 11 is 0. The summed E-state index contributed by atoms with van der Waals surface area (Å²) in [7, 11) is 3.31. The molecule has 3 aromatic rings. The minimum Gasteiger partial charge on any atom is -0.480 e. The van der Waals surface area contributed by atoms with Gasteiger partial charge in [0.2, 0.25) is 17.4 Å². The van der Waals surface area contributed by atoms with Gasteiger partial charge in [0.05, 0.1) is 24.4 Å². The molecule has 36 heavy (non-hydrogen) atoms. The van der Waals surface area contributed by atoms with Gasteiger partial charge in [0, 0.05) is 31.3 Å². The molecule has 3 heterocycles. The molecular weight excluding hydrogens is 463 g/mol. The van der Waals surface area contributed by atoms with E-state index >= 15 is 0 Å². The van der Waals surface area contributed by atoms with E-state index in [2.05, 4.69) is 15.3 Å². The van der Waals surface area contributed by atoms with Crippen LogP contribution in [0.3, 0.4) is 0 Å². The zero-order valence-electron chi connectivity index (χ0n) is 21.1. The zero-order valence-corrected chi connectivity index (χ0v) is 21.1. The number of aromatic nitrogens is 2. The van der Waals surface area contributed by atoms with Crippen LogP contribution in [-0.2, 0) is 9.59 Å².